The quantitative estimate of drug-likeness (QED) is 0.828. The molecular weight excluding hydrogens is 196 g/mol. The highest BCUT2D eigenvalue weighted by Crippen LogP contribution is 2.13. The Morgan fingerprint density at radius 2 is 2.07 bits per heavy atom. The molecule has 4 nitrogen and oxygen atoms in total. The summed E-state index contributed by atoms with van der Waals surface area (Å²) in [5.74, 6) is 1.31. The standard InChI is InChI=1S/C9H10N4S/c10-9-6-13(12-11-9)14-7-8-4-2-1-3-5-8/h1-6H,7,10H2. The van der Waals surface area contributed by atoms with Crippen LogP contribution < -0.4 is 5.73 Å². The van der Waals surface area contributed by atoms with Gasteiger partial charge < -0.3 is 5.73 Å². The second kappa shape index (κ2) is 4.15. The third-order valence-corrected chi connectivity index (χ3v) is 2.60. The maximum atomic E-state index is 5.44. The van der Waals surface area contributed by atoms with Crippen molar-refractivity contribution in [2.45, 2.75) is 5.75 Å². The van der Waals surface area contributed by atoms with Gasteiger partial charge in [-0.2, -0.15) is 4.09 Å². The first-order chi connectivity index (χ1) is 6.84. The van der Waals surface area contributed by atoms with E-state index >= 15 is 0 Å². The van der Waals surface area contributed by atoms with E-state index in [2.05, 4.69) is 22.4 Å². The molecular formula is C9H10N4S. The van der Waals surface area contributed by atoms with Crippen LogP contribution in [0.25, 0.3) is 0 Å². The Labute approximate surface area is 86.2 Å². The highest BCUT2D eigenvalue weighted by Gasteiger charge is 1.97. The van der Waals surface area contributed by atoms with Crippen LogP contribution in [0.4, 0.5) is 5.82 Å². The van der Waals surface area contributed by atoms with E-state index in [1.54, 1.807) is 22.2 Å². The summed E-state index contributed by atoms with van der Waals surface area (Å²) < 4.78 is 1.67. The molecule has 0 amide bonds. The molecule has 1 aromatic carbocycles. The van der Waals surface area contributed by atoms with Crippen LogP contribution in [0.15, 0.2) is 36.5 Å². The number of hydrogen-bond acceptors (Lipinski definition) is 4. The Bertz CT molecular complexity index is 398. The summed E-state index contributed by atoms with van der Waals surface area (Å²) >= 11 is 1.56. The molecule has 0 aliphatic heterocycles. The average Bonchev–Trinajstić information content (AvgIpc) is 2.63. The third kappa shape index (κ3) is 2.26. The Morgan fingerprint density at radius 1 is 1.29 bits per heavy atom. The van der Waals surface area contributed by atoms with Crippen molar-refractivity contribution in [2.24, 2.45) is 0 Å². The van der Waals surface area contributed by atoms with Gasteiger partial charge in [0, 0.05) is 5.75 Å². The Balaban J connectivity index is 1.95. The van der Waals surface area contributed by atoms with Crippen molar-refractivity contribution < 1.29 is 0 Å². The minimum Gasteiger partial charge on any atom is -0.381 e. The van der Waals surface area contributed by atoms with Gasteiger partial charge in [-0.3, -0.25) is 0 Å². The minimum atomic E-state index is 0.450. The second-order valence-corrected chi connectivity index (χ2v) is 3.73. The molecule has 0 atom stereocenters. The van der Waals surface area contributed by atoms with Gasteiger partial charge >= 0.3 is 0 Å². The predicted molar refractivity (Wildman–Crippen MR) is 57.6 cm³/mol. The summed E-state index contributed by atoms with van der Waals surface area (Å²) in [6.07, 6.45) is 1.70. The van der Waals surface area contributed by atoms with Gasteiger partial charge in [-0.05, 0) is 17.5 Å². The highest BCUT2D eigenvalue weighted by molar-refractivity contribution is 7.96. The van der Waals surface area contributed by atoms with Crippen molar-refractivity contribution in [1.82, 2.24) is 14.4 Å². The molecule has 0 fully saturated rings. The van der Waals surface area contributed by atoms with Crippen molar-refractivity contribution in [2.75, 3.05) is 5.73 Å². The molecule has 0 saturated heterocycles. The van der Waals surface area contributed by atoms with Gasteiger partial charge in [-0.25, -0.2) is 0 Å². The SMILES string of the molecule is Nc1cn(SCc2ccccc2)nn1. The number of rotatable bonds is 3. The van der Waals surface area contributed by atoms with Gasteiger partial charge in [0.2, 0.25) is 0 Å². The van der Waals surface area contributed by atoms with Crippen LogP contribution in [0, 0.1) is 0 Å². The summed E-state index contributed by atoms with van der Waals surface area (Å²) in [6.45, 7) is 0. The fraction of sp³-hybridized carbons (Fsp3) is 0.111. The van der Waals surface area contributed by atoms with E-state index in [4.69, 9.17) is 5.73 Å². The van der Waals surface area contributed by atoms with Crippen LogP contribution >= 0.6 is 11.9 Å². The van der Waals surface area contributed by atoms with E-state index in [1.165, 1.54) is 5.56 Å². The van der Waals surface area contributed by atoms with Gasteiger partial charge in [-0.1, -0.05) is 35.5 Å². The molecule has 72 valence electrons. The van der Waals surface area contributed by atoms with Crippen LogP contribution in [0.5, 0.6) is 0 Å². The fourth-order valence-corrected chi connectivity index (χ4v) is 1.78. The summed E-state index contributed by atoms with van der Waals surface area (Å²) in [5, 5.41) is 7.53. The molecule has 0 spiro atoms. The predicted octanol–water partition coefficient (Wildman–Crippen LogP) is 1.56. The van der Waals surface area contributed by atoms with Crippen LogP contribution in [-0.4, -0.2) is 14.4 Å². The van der Waals surface area contributed by atoms with Crippen molar-refractivity contribution in [3.05, 3.63) is 42.1 Å². The molecule has 0 aliphatic rings. The summed E-state index contributed by atoms with van der Waals surface area (Å²) in [6, 6.07) is 10.2. The van der Waals surface area contributed by atoms with Gasteiger partial charge in [-0.15, -0.1) is 5.10 Å². The van der Waals surface area contributed by atoms with Gasteiger partial charge in [0.25, 0.3) is 0 Å². The normalized spacial score (nSPS) is 10.3. The number of hydrogen-bond donors (Lipinski definition) is 1. The lowest BCUT2D eigenvalue weighted by molar-refractivity contribution is 0.891. The van der Waals surface area contributed by atoms with E-state index in [9.17, 15) is 0 Å². The van der Waals surface area contributed by atoms with Crippen LogP contribution in [-0.2, 0) is 5.75 Å². The molecule has 0 unspecified atom stereocenters. The first-order valence-electron chi connectivity index (χ1n) is 4.19. The van der Waals surface area contributed by atoms with Crippen molar-refractivity contribution in [3.8, 4) is 0 Å². The van der Waals surface area contributed by atoms with Crippen LogP contribution in [0.1, 0.15) is 5.56 Å². The summed E-state index contributed by atoms with van der Waals surface area (Å²) in [5.41, 5.74) is 6.70. The lowest BCUT2D eigenvalue weighted by Crippen LogP contribution is -1.89. The fourth-order valence-electron chi connectivity index (χ4n) is 1.04. The number of anilines is 1. The van der Waals surface area contributed by atoms with Gasteiger partial charge in [0.1, 0.15) is 0 Å². The lowest BCUT2D eigenvalue weighted by Gasteiger charge is -1.98. The van der Waals surface area contributed by atoms with Crippen molar-refractivity contribution in [3.63, 3.8) is 0 Å². The molecule has 0 aliphatic carbocycles. The second-order valence-electron chi connectivity index (χ2n) is 2.80. The van der Waals surface area contributed by atoms with Gasteiger partial charge in [0.15, 0.2) is 5.82 Å². The number of nitrogens with two attached hydrogens (primary N) is 1. The molecule has 1 heterocycles. The van der Waals surface area contributed by atoms with Crippen LogP contribution in [0.3, 0.4) is 0 Å². The number of nitrogens with zero attached hydrogens (tertiary/aromatic N) is 3. The van der Waals surface area contributed by atoms with E-state index in [1.807, 2.05) is 18.2 Å². The molecule has 2 aromatic rings. The first kappa shape index (κ1) is 9.08. The number of nitrogen functional groups attached to an aromatic ring is 1. The Kier molecular flexibility index (Phi) is 2.69. The number of benzene rings is 1. The van der Waals surface area contributed by atoms with Gasteiger partial charge in [0.05, 0.1) is 6.20 Å². The molecule has 0 bridgehead atoms. The molecule has 0 radical (unpaired) electrons. The molecule has 1 aromatic heterocycles. The van der Waals surface area contributed by atoms with E-state index in [-0.39, 0.29) is 0 Å². The molecule has 5 heteroatoms. The molecule has 2 N–H and O–H groups in total. The average molecular weight is 206 g/mol. The summed E-state index contributed by atoms with van der Waals surface area (Å²) in [7, 11) is 0. The lowest BCUT2D eigenvalue weighted by atomic mass is 10.2. The number of aromatic nitrogens is 3. The largest absolute Gasteiger partial charge is 0.381 e. The molecule has 0 saturated carbocycles. The van der Waals surface area contributed by atoms with E-state index < -0.39 is 0 Å². The highest BCUT2D eigenvalue weighted by atomic mass is 32.2. The third-order valence-electron chi connectivity index (χ3n) is 1.70. The van der Waals surface area contributed by atoms with E-state index in [0.29, 0.717) is 5.82 Å². The molecule has 2 rings (SSSR count). The maximum Gasteiger partial charge on any atom is 0.167 e. The van der Waals surface area contributed by atoms with Crippen LogP contribution in [0.2, 0.25) is 0 Å². The monoisotopic (exact) mass is 206 g/mol. The summed E-state index contributed by atoms with van der Waals surface area (Å²) in [4.78, 5) is 0. The Hall–Kier alpha value is -1.49. The zero-order chi connectivity index (χ0) is 9.80. The van der Waals surface area contributed by atoms with Crippen molar-refractivity contribution >= 4 is 17.8 Å². The van der Waals surface area contributed by atoms with Crippen molar-refractivity contribution in [1.29, 1.82) is 0 Å². The smallest absolute Gasteiger partial charge is 0.167 e. The van der Waals surface area contributed by atoms with E-state index in [0.717, 1.165) is 5.75 Å². The minimum absolute atomic E-state index is 0.450. The maximum absolute atomic E-state index is 5.44. The topological polar surface area (TPSA) is 56.7 Å². The first-order valence-corrected chi connectivity index (χ1v) is 5.14. The molecule has 14 heavy (non-hydrogen) atoms. The zero-order valence-electron chi connectivity index (χ0n) is 7.50. The Morgan fingerprint density at radius 3 is 2.71 bits per heavy atom. The zero-order valence-corrected chi connectivity index (χ0v) is 8.31.